The van der Waals surface area contributed by atoms with Crippen LogP contribution in [0.1, 0.15) is 277 Å². The van der Waals surface area contributed by atoms with E-state index in [4.69, 9.17) is 14.2 Å². The highest BCUT2D eigenvalue weighted by Crippen LogP contribution is 2.42. The van der Waals surface area contributed by atoms with E-state index < -0.39 is 35.0 Å². The minimum Gasteiger partial charge on any atom is -0.462 e. The van der Waals surface area contributed by atoms with E-state index in [1.807, 2.05) is 0 Å². The first-order chi connectivity index (χ1) is 36.5. The van der Waals surface area contributed by atoms with Crippen LogP contribution in [0.15, 0.2) is 14.4 Å². The number of hydrogen-bond acceptors (Lipinski definition) is 12. The fraction of sp³-hybridized carbons (Fsp3) is 0.905. The van der Waals surface area contributed by atoms with Crippen LogP contribution in [0, 0.1) is 0 Å². The number of carbonyl (C=O) groups excluding carboxylic acids is 3. The van der Waals surface area contributed by atoms with Crippen LogP contribution in [0.5, 0.6) is 0 Å². The number of nitrogens with zero attached hydrogens (tertiary/aromatic N) is 6. The van der Waals surface area contributed by atoms with Crippen LogP contribution < -0.4 is 17.1 Å². The Morgan fingerprint density at radius 2 is 0.526 bits per heavy atom. The zero-order valence-corrected chi connectivity index (χ0v) is 52.4. The van der Waals surface area contributed by atoms with Gasteiger partial charge in [-0.1, -0.05) is 117 Å². The van der Waals surface area contributed by atoms with Crippen molar-refractivity contribution in [2.45, 2.75) is 348 Å². The van der Waals surface area contributed by atoms with Crippen LogP contribution in [0.4, 0.5) is 0 Å². The second kappa shape index (κ2) is 30.1. The molecule has 3 saturated heterocycles. The minimum absolute atomic E-state index is 0.230. The molecule has 1 aromatic heterocycles. The maximum Gasteiger partial charge on any atom is 0.336 e. The summed E-state index contributed by atoms with van der Waals surface area (Å²) in [7, 11) is 0. The molecule has 3 aliphatic heterocycles. The van der Waals surface area contributed by atoms with Gasteiger partial charge in [0.2, 0.25) is 0 Å². The fourth-order valence-corrected chi connectivity index (χ4v) is 14.5. The summed E-state index contributed by atoms with van der Waals surface area (Å²) in [5.74, 6) is -1.65. The molecule has 0 atom stereocenters. The predicted molar refractivity (Wildman–Crippen MR) is 315 cm³/mol. The molecule has 0 aromatic carbocycles. The van der Waals surface area contributed by atoms with Crippen LogP contribution in [-0.2, 0) is 48.2 Å². The van der Waals surface area contributed by atoms with Crippen molar-refractivity contribution in [3.8, 4) is 0 Å². The first-order valence-corrected chi connectivity index (χ1v) is 31.4. The topological polar surface area (TPSA) is 155 Å². The van der Waals surface area contributed by atoms with Crippen molar-refractivity contribution in [1.29, 1.82) is 0 Å². The van der Waals surface area contributed by atoms with Gasteiger partial charge in [-0.05, 0) is 122 Å². The average molecular weight is 1100 g/mol. The number of ether oxygens (including phenoxy) is 3. The molecule has 450 valence electrons. The Balaban J connectivity index is 1.49. The van der Waals surface area contributed by atoms with Gasteiger partial charge in [-0.3, -0.25) is 29.1 Å². The minimum atomic E-state index is -0.933. The Bertz CT molecular complexity index is 1890. The van der Waals surface area contributed by atoms with Gasteiger partial charge in [0.1, 0.15) is 18.3 Å². The third-order valence-electron chi connectivity index (χ3n) is 17.9. The third kappa shape index (κ3) is 19.7. The summed E-state index contributed by atoms with van der Waals surface area (Å²) in [6.45, 7) is 35.0. The highest BCUT2D eigenvalue weighted by atomic mass is 16.6. The predicted octanol–water partition coefficient (Wildman–Crippen LogP) is 12.1. The summed E-state index contributed by atoms with van der Waals surface area (Å²) in [5, 5.41) is 0. The van der Waals surface area contributed by atoms with E-state index in [-0.39, 0.29) is 90.4 Å². The van der Waals surface area contributed by atoms with Crippen molar-refractivity contribution < 1.29 is 28.6 Å². The first kappa shape index (κ1) is 67.2. The number of rotatable bonds is 33. The quantitative estimate of drug-likeness (QED) is 0.0374. The normalized spacial score (nSPS) is 20.7. The molecule has 15 heteroatoms. The molecule has 3 fully saturated rings. The third-order valence-corrected chi connectivity index (χ3v) is 17.9. The van der Waals surface area contributed by atoms with Crippen LogP contribution in [0.25, 0.3) is 0 Å². The number of hydrogen-bond donors (Lipinski definition) is 0. The highest BCUT2D eigenvalue weighted by molar-refractivity contribution is 5.70. The largest absolute Gasteiger partial charge is 0.462 e. The summed E-state index contributed by atoms with van der Waals surface area (Å²) in [4.78, 5) is 91.6. The van der Waals surface area contributed by atoms with Gasteiger partial charge >= 0.3 is 35.0 Å². The molecule has 4 heterocycles. The Hall–Kier alpha value is -3.30. The van der Waals surface area contributed by atoms with Crippen molar-refractivity contribution in [1.82, 2.24) is 28.4 Å². The van der Waals surface area contributed by atoms with Gasteiger partial charge < -0.3 is 14.2 Å². The van der Waals surface area contributed by atoms with E-state index in [0.717, 1.165) is 52.6 Å². The summed E-state index contributed by atoms with van der Waals surface area (Å²) in [6.07, 6.45) is 23.7. The van der Waals surface area contributed by atoms with Gasteiger partial charge in [0.05, 0.1) is 19.3 Å². The molecule has 0 saturated carbocycles. The second-order valence-corrected chi connectivity index (χ2v) is 27.7. The first-order valence-electron chi connectivity index (χ1n) is 31.4. The zero-order valence-electron chi connectivity index (χ0n) is 52.4. The van der Waals surface area contributed by atoms with Gasteiger partial charge in [0, 0.05) is 91.4 Å². The number of esters is 3. The molecule has 0 bridgehead atoms. The molecular formula is C63H114N6O9. The lowest BCUT2D eigenvalue weighted by atomic mass is 9.78. The summed E-state index contributed by atoms with van der Waals surface area (Å²) in [5.41, 5.74) is -4.18. The average Bonchev–Trinajstić information content (AvgIpc) is 3.30. The standard InChI is InChI=1S/C63H114N6O9/c1-16-19-22-25-28-31-37-67-58(4,5)43-49(44-59(67,6)7)76-52(70)34-40-64-55(73)65(41-35-53(71)77-50-45-60(8,9)68(61(10,11)46-50)38-32-29-26-23-20-17-2)57(75)66(56(64)74)42-36-54(72)78-51-47-62(12,13)69(63(14,15)48-51)39-33-30-27-24-21-18-3/h49-51H,16-48H2,1-15H3. The summed E-state index contributed by atoms with van der Waals surface area (Å²) >= 11 is 0. The van der Waals surface area contributed by atoms with Crippen molar-refractivity contribution in [2.75, 3.05) is 19.6 Å². The van der Waals surface area contributed by atoms with Gasteiger partial charge in [-0.15, -0.1) is 0 Å². The molecule has 0 radical (unpaired) electrons. The van der Waals surface area contributed by atoms with E-state index in [1.54, 1.807) is 0 Å². The molecular weight excluding hydrogens is 985 g/mol. The molecule has 3 aliphatic rings. The molecule has 78 heavy (non-hydrogen) atoms. The van der Waals surface area contributed by atoms with Gasteiger partial charge in [0.15, 0.2) is 0 Å². The van der Waals surface area contributed by atoms with Crippen molar-refractivity contribution in [3.63, 3.8) is 0 Å². The van der Waals surface area contributed by atoms with E-state index in [1.165, 1.54) is 96.3 Å². The Labute approximate surface area is 472 Å². The zero-order chi connectivity index (χ0) is 58.1. The molecule has 0 unspecified atom stereocenters. The molecule has 0 spiro atoms. The van der Waals surface area contributed by atoms with Crippen molar-refractivity contribution in [2.24, 2.45) is 0 Å². The highest BCUT2D eigenvalue weighted by Gasteiger charge is 2.49. The van der Waals surface area contributed by atoms with Crippen LogP contribution in [0.2, 0.25) is 0 Å². The number of piperidine rings is 3. The van der Waals surface area contributed by atoms with Crippen molar-refractivity contribution >= 4 is 17.9 Å². The fourth-order valence-electron chi connectivity index (χ4n) is 14.5. The lowest BCUT2D eigenvalue weighted by molar-refractivity contribution is -0.161. The number of aromatic nitrogens is 3. The number of likely N-dealkylation sites (tertiary alicyclic amines) is 3. The smallest absolute Gasteiger partial charge is 0.336 e. The lowest BCUT2D eigenvalue weighted by Gasteiger charge is -2.55. The monoisotopic (exact) mass is 1100 g/mol. The van der Waals surface area contributed by atoms with Crippen LogP contribution in [0.3, 0.4) is 0 Å². The second-order valence-electron chi connectivity index (χ2n) is 27.7. The lowest BCUT2D eigenvalue weighted by Crippen LogP contribution is -2.62. The van der Waals surface area contributed by atoms with Gasteiger partial charge in [-0.2, -0.15) is 0 Å². The molecule has 1 aromatic rings. The molecule has 15 nitrogen and oxygen atoms in total. The maximum atomic E-state index is 14.3. The van der Waals surface area contributed by atoms with Crippen molar-refractivity contribution in [3.05, 3.63) is 31.5 Å². The van der Waals surface area contributed by atoms with E-state index >= 15 is 0 Å². The Morgan fingerprint density at radius 1 is 0.333 bits per heavy atom. The maximum absolute atomic E-state index is 14.3. The summed E-state index contributed by atoms with van der Waals surface area (Å²) in [6, 6.07) is 0. The Kier molecular flexibility index (Phi) is 26.0. The van der Waals surface area contributed by atoms with Gasteiger partial charge in [-0.25, -0.2) is 28.1 Å². The van der Waals surface area contributed by atoms with E-state index in [0.29, 0.717) is 38.5 Å². The van der Waals surface area contributed by atoms with Crippen LogP contribution >= 0.6 is 0 Å². The molecule has 0 N–H and O–H groups in total. The van der Waals surface area contributed by atoms with E-state index in [2.05, 4.69) is 119 Å². The number of carbonyl (C=O) groups is 3. The van der Waals surface area contributed by atoms with E-state index in [9.17, 15) is 28.8 Å². The molecule has 0 amide bonds. The summed E-state index contributed by atoms with van der Waals surface area (Å²) < 4.78 is 21.0. The van der Waals surface area contributed by atoms with Crippen LogP contribution in [-0.4, -0.2) is 117 Å². The molecule has 4 rings (SSSR count). The molecule has 0 aliphatic carbocycles. The Morgan fingerprint density at radius 3 is 0.731 bits per heavy atom. The SMILES string of the molecule is CCCCCCCCN1C(C)(C)CC(OC(=O)CCn2c(=O)n(CCC(=O)OC3CC(C)(C)N(CCCCCCCC)C(C)(C)C3)c(=O)n(CCC(=O)OC3CC(C)(C)N(CCCCCCCC)C(C)(C)C3)c2=O)CC1(C)C. The van der Waals surface area contributed by atoms with Gasteiger partial charge in [0.25, 0.3) is 0 Å². The number of unbranched alkanes of at least 4 members (excludes halogenated alkanes) is 15.